The molecule has 0 fully saturated rings. The molecule has 2 N–H and O–H groups in total. The topological polar surface area (TPSA) is 67.4 Å². The predicted molar refractivity (Wildman–Crippen MR) is 67.4 cm³/mol. The molecule has 0 bridgehead atoms. The third-order valence-corrected chi connectivity index (χ3v) is 2.26. The summed E-state index contributed by atoms with van der Waals surface area (Å²) in [4.78, 5) is 22.1. The third-order valence-electron chi connectivity index (χ3n) is 2.26. The Balaban J connectivity index is 2.09. The summed E-state index contributed by atoms with van der Waals surface area (Å²) in [6.45, 7) is 0.646. The van der Waals surface area contributed by atoms with Crippen LogP contribution in [0.25, 0.3) is 0 Å². The lowest BCUT2D eigenvalue weighted by molar-refractivity contribution is -0.120. The zero-order valence-electron chi connectivity index (χ0n) is 10.1. The van der Waals surface area contributed by atoms with E-state index in [0.29, 0.717) is 19.4 Å². The monoisotopic (exact) mass is 249 g/mol. The molecule has 0 spiro atoms. The first-order valence-electron chi connectivity index (χ1n) is 5.73. The average Bonchev–Trinajstić information content (AvgIpc) is 2.42. The molecule has 1 aromatic carbocycles. The second kappa shape index (κ2) is 8.11. The summed E-state index contributed by atoms with van der Waals surface area (Å²) in [7, 11) is 3.25. The molecule has 0 aromatic heterocycles. The number of carbonyl (C=O) groups excluding carboxylic acids is 2. The van der Waals surface area contributed by atoms with E-state index in [4.69, 9.17) is 4.74 Å². The Hall–Kier alpha value is -2.04. The Morgan fingerprint density at radius 2 is 1.94 bits per heavy atom. The van der Waals surface area contributed by atoms with E-state index in [1.165, 1.54) is 0 Å². The molecule has 1 aromatic rings. The van der Waals surface area contributed by atoms with Crippen LogP contribution in [0, 0.1) is 7.05 Å². The molecule has 0 heterocycles. The number of alkyl carbamates (subject to hydrolysis) is 1. The van der Waals surface area contributed by atoms with Crippen molar-refractivity contribution in [3.8, 4) is 0 Å². The van der Waals surface area contributed by atoms with Gasteiger partial charge in [0.15, 0.2) is 0 Å². The molecule has 2 amide bonds. The van der Waals surface area contributed by atoms with Crippen LogP contribution in [0.5, 0.6) is 0 Å². The van der Waals surface area contributed by atoms with Crippen molar-refractivity contribution < 1.29 is 14.3 Å². The van der Waals surface area contributed by atoms with Crippen LogP contribution in [0.1, 0.15) is 18.4 Å². The minimum absolute atomic E-state index is 0.144. The van der Waals surface area contributed by atoms with Crippen LogP contribution in [0.15, 0.2) is 30.3 Å². The number of benzene rings is 1. The van der Waals surface area contributed by atoms with Crippen LogP contribution in [0.2, 0.25) is 0 Å². The quantitative estimate of drug-likeness (QED) is 0.752. The van der Waals surface area contributed by atoms with Gasteiger partial charge in [-0.15, -0.1) is 0 Å². The third kappa shape index (κ3) is 5.89. The van der Waals surface area contributed by atoms with Crippen molar-refractivity contribution in [2.45, 2.75) is 19.4 Å². The summed E-state index contributed by atoms with van der Waals surface area (Å²) < 4.78 is 5.00. The Kier molecular flexibility index (Phi) is 6.32. The van der Waals surface area contributed by atoms with Crippen LogP contribution in [0.4, 0.5) is 4.79 Å². The number of hydrogen-bond acceptors (Lipinski definition) is 3. The van der Waals surface area contributed by atoms with Gasteiger partial charge in [0.25, 0.3) is 0 Å². The maximum absolute atomic E-state index is 11.3. The first kappa shape index (κ1) is 14.0. The highest BCUT2D eigenvalue weighted by atomic mass is 16.5. The fraction of sp³-hybridized carbons (Fsp3) is 0.308. The van der Waals surface area contributed by atoms with Gasteiger partial charge in [0.2, 0.25) is 5.91 Å². The summed E-state index contributed by atoms with van der Waals surface area (Å²) in [5.74, 6) is -0.144. The van der Waals surface area contributed by atoms with Crippen molar-refractivity contribution >= 4 is 12.0 Å². The number of hydrogen-bond donors (Lipinski definition) is 2. The molecule has 18 heavy (non-hydrogen) atoms. The van der Waals surface area contributed by atoms with E-state index in [1.54, 1.807) is 0 Å². The molecule has 1 radical (unpaired) electrons. The SMILES string of the molecule is [CH2]NC(=O)CCCNC(=O)OCc1ccccc1. The lowest BCUT2D eigenvalue weighted by Gasteiger charge is -2.06. The summed E-state index contributed by atoms with van der Waals surface area (Å²) in [5.41, 5.74) is 0.934. The first-order valence-corrected chi connectivity index (χ1v) is 5.73. The summed E-state index contributed by atoms with van der Waals surface area (Å²) in [5, 5.41) is 4.84. The molecule has 0 atom stereocenters. The van der Waals surface area contributed by atoms with Gasteiger partial charge in [-0.1, -0.05) is 30.3 Å². The lowest BCUT2D eigenvalue weighted by Crippen LogP contribution is -2.26. The van der Waals surface area contributed by atoms with Gasteiger partial charge in [0, 0.05) is 20.0 Å². The first-order chi connectivity index (χ1) is 8.72. The van der Waals surface area contributed by atoms with Gasteiger partial charge in [-0.05, 0) is 12.0 Å². The molecule has 97 valence electrons. The molecule has 0 saturated carbocycles. The standard InChI is InChI=1S/C13H17N2O3/c1-14-12(16)8-5-9-15-13(17)18-10-11-6-3-2-4-7-11/h2-4,6-7H,1,5,8-10H2,(H,14,16)(H,15,17). The average molecular weight is 249 g/mol. The Labute approximate surface area is 107 Å². The predicted octanol–water partition coefficient (Wildman–Crippen LogP) is 1.60. The highest BCUT2D eigenvalue weighted by Gasteiger charge is 2.02. The fourth-order valence-electron chi connectivity index (χ4n) is 1.30. The minimum atomic E-state index is -0.478. The summed E-state index contributed by atoms with van der Waals surface area (Å²) in [6, 6.07) is 9.43. The number of rotatable bonds is 6. The second-order valence-electron chi connectivity index (χ2n) is 3.69. The number of carbonyl (C=O) groups is 2. The van der Waals surface area contributed by atoms with E-state index in [-0.39, 0.29) is 12.5 Å². The van der Waals surface area contributed by atoms with Crippen molar-refractivity contribution in [2.24, 2.45) is 0 Å². The summed E-state index contributed by atoms with van der Waals surface area (Å²) >= 11 is 0. The molecule has 5 heteroatoms. The molecule has 0 unspecified atom stereocenters. The number of nitrogens with one attached hydrogen (secondary N) is 2. The number of amides is 2. The van der Waals surface area contributed by atoms with Crippen LogP contribution in [-0.2, 0) is 16.1 Å². The Morgan fingerprint density at radius 1 is 1.22 bits per heavy atom. The molecule has 0 aliphatic heterocycles. The molecule has 0 aliphatic carbocycles. The van der Waals surface area contributed by atoms with E-state index in [0.717, 1.165) is 5.56 Å². The maximum Gasteiger partial charge on any atom is 0.407 e. The van der Waals surface area contributed by atoms with E-state index < -0.39 is 6.09 Å². The number of ether oxygens (including phenoxy) is 1. The van der Waals surface area contributed by atoms with E-state index in [9.17, 15) is 9.59 Å². The lowest BCUT2D eigenvalue weighted by atomic mass is 10.2. The highest BCUT2D eigenvalue weighted by Crippen LogP contribution is 2.00. The van der Waals surface area contributed by atoms with Gasteiger partial charge in [0.05, 0.1) is 0 Å². The molecule has 0 aliphatic rings. The van der Waals surface area contributed by atoms with Gasteiger partial charge in [-0.3, -0.25) is 4.79 Å². The largest absolute Gasteiger partial charge is 0.445 e. The minimum Gasteiger partial charge on any atom is -0.445 e. The molecular formula is C13H17N2O3. The maximum atomic E-state index is 11.3. The van der Waals surface area contributed by atoms with Gasteiger partial charge >= 0.3 is 6.09 Å². The van der Waals surface area contributed by atoms with E-state index in [2.05, 4.69) is 17.7 Å². The van der Waals surface area contributed by atoms with Crippen LogP contribution < -0.4 is 10.6 Å². The van der Waals surface area contributed by atoms with Gasteiger partial charge in [0.1, 0.15) is 6.61 Å². The molecular weight excluding hydrogens is 232 g/mol. The van der Waals surface area contributed by atoms with E-state index in [1.807, 2.05) is 30.3 Å². The molecule has 1 rings (SSSR count). The molecule has 5 nitrogen and oxygen atoms in total. The normalized spacial score (nSPS) is 9.61. The van der Waals surface area contributed by atoms with Crippen molar-refractivity contribution in [3.05, 3.63) is 42.9 Å². The van der Waals surface area contributed by atoms with Crippen molar-refractivity contribution in [1.82, 2.24) is 10.6 Å². The molecule has 0 saturated heterocycles. The Bertz CT molecular complexity index is 379. The van der Waals surface area contributed by atoms with Gasteiger partial charge < -0.3 is 15.4 Å². The summed E-state index contributed by atoms with van der Waals surface area (Å²) in [6.07, 6.45) is 0.415. The van der Waals surface area contributed by atoms with Crippen molar-refractivity contribution in [1.29, 1.82) is 0 Å². The fourth-order valence-corrected chi connectivity index (χ4v) is 1.30. The van der Waals surface area contributed by atoms with Crippen molar-refractivity contribution in [3.63, 3.8) is 0 Å². The zero-order chi connectivity index (χ0) is 13.2. The highest BCUT2D eigenvalue weighted by molar-refractivity contribution is 5.76. The van der Waals surface area contributed by atoms with Gasteiger partial charge in [-0.25, -0.2) is 4.79 Å². The zero-order valence-corrected chi connectivity index (χ0v) is 10.1. The second-order valence-corrected chi connectivity index (χ2v) is 3.69. The van der Waals surface area contributed by atoms with Crippen LogP contribution >= 0.6 is 0 Å². The van der Waals surface area contributed by atoms with E-state index >= 15 is 0 Å². The smallest absolute Gasteiger partial charge is 0.407 e. The van der Waals surface area contributed by atoms with Crippen LogP contribution in [-0.4, -0.2) is 18.5 Å². The van der Waals surface area contributed by atoms with Gasteiger partial charge in [-0.2, -0.15) is 0 Å². The van der Waals surface area contributed by atoms with Crippen LogP contribution in [0.3, 0.4) is 0 Å². The Morgan fingerprint density at radius 3 is 2.61 bits per heavy atom. The van der Waals surface area contributed by atoms with Crippen molar-refractivity contribution in [2.75, 3.05) is 6.54 Å².